The predicted octanol–water partition coefficient (Wildman–Crippen LogP) is 5.19. The third-order valence-electron chi connectivity index (χ3n) is 5.61. The summed E-state index contributed by atoms with van der Waals surface area (Å²) in [5.41, 5.74) is 3.41. The Morgan fingerprint density at radius 1 is 1.10 bits per heavy atom. The van der Waals surface area contributed by atoms with Gasteiger partial charge in [-0.05, 0) is 49.4 Å². The van der Waals surface area contributed by atoms with E-state index in [1.54, 1.807) is 17.7 Å². The molecule has 1 N–H and O–H groups in total. The van der Waals surface area contributed by atoms with Crippen LogP contribution in [0.2, 0.25) is 0 Å². The Hall–Kier alpha value is -3.15. The van der Waals surface area contributed by atoms with Gasteiger partial charge in [0.15, 0.2) is 0 Å². The fourth-order valence-corrected chi connectivity index (χ4v) is 4.01. The van der Waals surface area contributed by atoms with Crippen LogP contribution in [0.3, 0.4) is 0 Å². The van der Waals surface area contributed by atoms with Gasteiger partial charge in [0, 0.05) is 19.3 Å². The van der Waals surface area contributed by atoms with Crippen LogP contribution in [0.1, 0.15) is 50.2 Å². The molecule has 0 saturated carbocycles. The van der Waals surface area contributed by atoms with Crippen LogP contribution in [0.15, 0.2) is 47.3 Å². The summed E-state index contributed by atoms with van der Waals surface area (Å²) in [6, 6.07) is 12.8. The second-order valence-corrected chi connectivity index (χ2v) is 8.52. The average molecular weight is 421 g/mol. The van der Waals surface area contributed by atoms with Crippen LogP contribution in [-0.2, 0) is 7.05 Å². The highest BCUT2D eigenvalue weighted by Gasteiger charge is 2.29. The summed E-state index contributed by atoms with van der Waals surface area (Å²) in [6.45, 7) is 10.7. The number of carbonyl (C=O) groups excluding carboxylic acids is 1. The van der Waals surface area contributed by atoms with Crippen LogP contribution in [-0.4, -0.2) is 27.0 Å². The zero-order valence-electron chi connectivity index (χ0n) is 19.3. The van der Waals surface area contributed by atoms with E-state index in [-0.39, 0.29) is 23.6 Å². The normalized spacial score (nSPS) is 12.2. The molecule has 0 spiro atoms. The minimum atomic E-state index is -0.325. The molecule has 0 fully saturated rings. The lowest BCUT2D eigenvalue weighted by atomic mass is 10.1. The average Bonchev–Trinajstić information content (AvgIpc) is 2.73. The number of nitrogens with one attached hydrogen (secondary N) is 1. The summed E-state index contributed by atoms with van der Waals surface area (Å²) in [4.78, 5) is 33.1. The Kier molecular flexibility index (Phi) is 6.78. The number of hydrogen-bond donors (Lipinski definition) is 1. The Bertz CT molecular complexity index is 1130. The number of fused-ring (bicyclic) bond motifs is 1. The largest absolute Gasteiger partial charge is 0.322 e. The number of amides is 2. The molecule has 0 saturated heterocycles. The van der Waals surface area contributed by atoms with Gasteiger partial charge >= 0.3 is 6.03 Å². The molecule has 6 nitrogen and oxygen atoms in total. The molecule has 3 rings (SSSR count). The van der Waals surface area contributed by atoms with Crippen LogP contribution in [0.4, 0.5) is 10.5 Å². The van der Waals surface area contributed by atoms with Gasteiger partial charge in [0.2, 0.25) is 0 Å². The summed E-state index contributed by atoms with van der Waals surface area (Å²) in [6.07, 6.45) is 0.644. The fraction of sp³-hybridized carbons (Fsp3) is 0.400. The van der Waals surface area contributed by atoms with Crippen LogP contribution >= 0.6 is 0 Å². The molecule has 31 heavy (non-hydrogen) atoms. The highest BCUT2D eigenvalue weighted by molar-refractivity contribution is 5.91. The Labute approximate surface area is 183 Å². The maximum absolute atomic E-state index is 13.5. The fourth-order valence-electron chi connectivity index (χ4n) is 4.01. The first-order valence-corrected chi connectivity index (χ1v) is 10.8. The first-order chi connectivity index (χ1) is 14.7. The number of benzene rings is 2. The van der Waals surface area contributed by atoms with E-state index < -0.39 is 0 Å². The molecule has 0 radical (unpaired) electrons. The van der Waals surface area contributed by atoms with Gasteiger partial charge in [-0.2, -0.15) is 0 Å². The molecule has 164 valence electrons. The van der Waals surface area contributed by atoms with Crippen molar-refractivity contribution in [1.82, 2.24) is 14.5 Å². The zero-order valence-corrected chi connectivity index (χ0v) is 19.3. The van der Waals surface area contributed by atoms with Crippen molar-refractivity contribution < 1.29 is 4.79 Å². The van der Waals surface area contributed by atoms with Crippen molar-refractivity contribution in [2.75, 3.05) is 11.9 Å². The SMILES string of the molecule is CCC(c1nc2ccccc2c(=O)n1C)N(CC(C)C)C(=O)Nc1c(C)cccc1C. The standard InChI is InChI=1S/C25H32N4O2/c1-7-21(23-26-20-14-9-8-13-19(20)24(30)28(23)6)29(15-16(2)3)25(31)27-22-17(4)11-10-12-18(22)5/h8-14,16,21H,7,15H2,1-6H3,(H,27,31). The lowest BCUT2D eigenvalue weighted by Gasteiger charge is -2.33. The molecule has 1 heterocycles. The number of carbonyl (C=O) groups is 1. The lowest BCUT2D eigenvalue weighted by molar-refractivity contribution is 0.170. The lowest BCUT2D eigenvalue weighted by Crippen LogP contribution is -2.42. The van der Waals surface area contributed by atoms with Crippen molar-refractivity contribution in [3.05, 3.63) is 69.8 Å². The van der Waals surface area contributed by atoms with Crippen molar-refractivity contribution in [1.29, 1.82) is 0 Å². The molecule has 1 atom stereocenters. The molecule has 0 aliphatic heterocycles. The molecule has 6 heteroatoms. The number of aryl methyl sites for hydroxylation is 2. The number of aromatic nitrogens is 2. The van der Waals surface area contributed by atoms with Crippen LogP contribution < -0.4 is 10.9 Å². The van der Waals surface area contributed by atoms with Crippen LogP contribution in [0.5, 0.6) is 0 Å². The maximum Gasteiger partial charge on any atom is 0.322 e. The van der Waals surface area contributed by atoms with E-state index in [2.05, 4.69) is 19.2 Å². The smallest absolute Gasteiger partial charge is 0.314 e. The number of nitrogens with zero attached hydrogens (tertiary/aromatic N) is 3. The summed E-state index contributed by atoms with van der Waals surface area (Å²) in [5.74, 6) is 0.860. The third-order valence-corrected chi connectivity index (χ3v) is 5.61. The minimum absolute atomic E-state index is 0.0984. The summed E-state index contributed by atoms with van der Waals surface area (Å²) in [5, 5.41) is 3.69. The Balaban J connectivity index is 2.06. The second kappa shape index (κ2) is 9.33. The molecule has 3 aromatic rings. The number of urea groups is 1. The van der Waals surface area contributed by atoms with Crippen molar-refractivity contribution >= 4 is 22.6 Å². The second-order valence-electron chi connectivity index (χ2n) is 8.52. The molecule has 0 bridgehead atoms. The molecular formula is C25H32N4O2. The molecule has 1 unspecified atom stereocenters. The zero-order chi connectivity index (χ0) is 22.7. The quantitative estimate of drug-likeness (QED) is 0.597. The summed E-state index contributed by atoms with van der Waals surface area (Å²) in [7, 11) is 1.73. The predicted molar refractivity (Wildman–Crippen MR) is 126 cm³/mol. The molecule has 0 aliphatic carbocycles. The first-order valence-electron chi connectivity index (χ1n) is 10.8. The molecule has 1 aromatic heterocycles. The summed E-state index contributed by atoms with van der Waals surface area (Å²) < 4.78 is 1.58. The highest BCUT2D eigenvalue weighted by atomic mass is 16.2. The summed E-state index contributed by atoms with van der Waals surface area (Å²) >= 11 is 0. The van der Waals surface area contributed by atoms with Gasteiger partial charge < -0.3 is 10.2 Å². The van der Waals surface area contributed by atoms with E-state index in [9.17, 15) is 9.59 Å². The van der Waals surface area contributed by atoms with E-state index in [1.165, 1.54) is 0 Å². The Morgan fingerprint density at radius 2 is 1.74 bits per heavy atom. The highest BCUT2D eigenvalue weighted by Crippen LogP contribution is 2.27. The van der Waals surface area contributed by atoms with Gasteiger partial charge in [0.1, 0.15) is 5.82 Å². The monoisotopic (exact) mass is 420 g/mol. The van der Waals surface area contributed by atoms with E-state index in [0.29, 0.717) is 29.7 Å². The van der Waals surface area contributed by atoms with Crippen LogP contribution in [0.25, 0.3) is 10.9 Å². The first kappa shape index (κ1) is 22.5. The number of anilines is 1. The number of para-hydroxylation sites is 2. The van der Waals surface area contributed by atoms with Gasteiger partial charge in [0.05, 0.1) is 16.9 Å². The van der Waals surface area contributed by atoms with Crippen molar-refractivity contribution in [2.45, 2.75) is 47.1 Å². The van der Waals surface area contributed by atoms with Crippen molar-refractivity contribution in [3.63, 3.8) is 0 Å². The molecular weight excluding hydrogens is 388 g/mol. The van der Waals surface area contributed by atoms with Gasteiger partial charge in [-0.1, -0.05) is 51.1 Å². The van der Waals surface area contributed by atoms with Gasteiger partial charge in [-0.25, -0.2) is 9.78 Å². The number of hydrogen-bond acceptors (Lipinski definition) is 3. The van der Waals surface area contributed by atoms with E-state index in [1.807, 2.05) is 62.1 Å². The topological polar surface area (TPSA) is 67.2 Å². The van der Waals surface area contributed by atoms with Crippen molar-refractivity contribution in [3.8, 4) is 0 Å². The van der Waals surface area contributed by atoms with E-state index in [0.717, 1.165) is 16.8 Å². The molecule has 2 aromatic carbocycles. The van der Waals surface area contributed by atoms with Crippen LogP contribution in [0, 0.1) is 19.8 Å². The maximum atomic E-state index is 13.5. The van der Waals surface area contributed by atoms with Crippen molar-refractivity contribution in [2.24, 2.45) is 13.0 Å². The van der Waals surface area contributed by atoms with Gasteiger partial charge in [-0.15, -0.1) is 0 Å². The Morgan fingerprint density at radius 3 is 2.35 bits per heavy atom. The van der Waals surface area contributed by atoms with Gasteiger partial charge in [-0.3, -0.25) is 9.36 Å². The molecule has 2 amide bonds. The van der Waals surface area contributed by atoms with E-state index in [4.69, 9.17) is 4.98 Å². The molecule has 0 aliphatic rings. The number of rotatable bonds is 6. The minimum Gasteiger partial charge on any atom is -0.314 e. The van der Waals surface area contributed by atoms with E-state index >= 15 is 0 Å². The van der Waals surface area contributed by atoms with Gasteiger partial charge in [0.25, 0.3) is 5.56 Å². The third kappa shape index (κ3) is 4.63.